The Morgan fingerprint density at radius 3 is 2.28 bits per heavy atom. The van der Waals surface area contributed by atoms with Crippen molar-refractivity contribution in [3.05, 3.63) is 43.2 Å². The summed E-state index contributed by atoms with van der Waals surface area (Å²) in [5, 5.41) is 4.34. The fraction of sp³-hybridized carbons (Fsp3) is 0.353. The van der Waals surface area contributed by atoms with Crippen LogP contribution >= 0.6 is 38.5 Å². The number of carbonyl (C=O) groups excluding carboxylic acids is 2. The van der Waals surface area contributed by atoms with Crippen molar-refractivity contribution in [3.8, 4) is 5.69 Å². The maximum absolute atomic E-state index is 12.2. The van der Waals surface area contributed by atoms with E-state index in [2.05, 4.69) is 41.8 Å². The third-order valence-electron chi connectivity index (χ3n) is 3.59. The van der Waals surface area contributed by atoms with Crippen molar-refractivity contribution in [2.24, 2.45) is 0 Å². The van der Waals surface area contributed by atoms with E-state index in [4.69, 9.17) is 9.47 Å². The Kier molecular flexibility index (Phi) is 5.93. The third-order valence-corrected chi connectivity index (χ3v) is 5.08. The second kappa shape index (κ2) is 7.45. The minimum absolute atomic E-state index is 0.0680. The minimum Gasteiger partial charge on any atom is -0.465 e. The van der Waals surface area contributed by atoms with Crippen molar-refractivity contribution >= 4 is 50.5 Å². The molecule has 0 radical (unpaired) electrons. The summed E-state index contributed by atoms with van der Waals surface area (Å²) in [6.07, 6.45) is 0. The molecule has 0 unspecified atom stereocenters. The highest BCUT2D eigenvalue weighted by Crippen LogP contribution is 2.33. The third kappa shape index (κ3) is 3.89. The number of benzene rings is 1. The van der Waals surface area contributed by atoms with Crippen LogP contribution in [0.25, 0.3) is 5.69 Å². The van der Waals surface area contributed by atoms with Crippen molar-refractivity contribution in [2.45, 2.75) is 26.2 Å². The van der Waals surface area contributed by atoms with Crippen LogP contribution in [-0.4, -0.2) is 35.9 Å². The molecule has 134 valence electrons. The van der Waals surface area contributed by atoms with Gasteiger partial charge in [0.1, 0.15) is 9.26 Å². The first-order valence-electron chi connectivity index (χ1n) is 7.37. The van der Waals surface area contributed by atoms with Gasteiger partial charge in [0.05, 0.1) is 19.9 Å². The number of nitrogens with zero attached hydrogens (tertiary/aromatic N) is 2. The molecule has 0 aliphatic carbocycles. The first kappa shape index (κ1) is 19.9. The zero-order chi connectivity index (χ0) is 18.9. The molecule has 1 aromatic heterocycles. The molecule has 0 amide bonds. The van der Waals surface area contributed by atoms with Crippen LogP contribution in [0.3, 0.4) is 0 Å². The summed E-state index contributed by atoms with van der Waals surface area (Å²) >= 11 is 5.48. The smallest absolute Gasteiger partial charge is 0.359 e. The normalized spacial score (nSPS) is 11.3. The number of carbonyl (C=O) groups is 2. The molecule has 0 saturated carbocycles. The molecule has 2 rings (SSSR count). The Labute approximate surface area is 168 Å². The van der Waals surface area contributed by atoms with Gasteiger partial charge in [-0.3, -0.25) is 0 Å². The average Bonchev–Trinajstić information content (AvgIpc) is 2.90. The van der Waals surface area contributed by atoms with Crippen LogP contribution in [0.2, 0.25) is 0 Å². The molecule has 0 aliphatic heterocycles. The first-order valence-corrected chi connectivity index (χ1v) is 9.24. The molecular weight excluding hydrogens is 503 g/mol. The number of esters is 2. The van der Waals surface area contributed by atoms with Crippen LogP contribution in [0.4, 0.5) is 0 Å². The second-order valence-corrected chi connectivity index (χ2v) is 8.26. The highest BCUT2D eigenvalue weighted by atomic mass is 127. The Morgan fingerprint density at radius 1 is 1.16 bits per heavy atom. The van der Waals surface area contributed by atoms with Crippen LogP contribution in [0.15, 0.2) is 22.7 Å². The quantitative estimate of drug-likeness (QED) is 0.450. The lowest BCUT2D eigenvalue weighted by Gasteiger charge is -2.23. The number of methoxy groups -OCH3 is 2. The molecule has 1 aromatic carbocycles. The fourth-order valence-electron chi connectivity index (χ4n) is 2.37. The SMILES string of the molecule is COC(=O)c1nn(-c2ccc(Br)cc2C(C)(C)C)c(I)c1C(=O)OC. The van der Waals surface area contributed by atoms with Gasteiger partial charge in [-0.2, -0.15) is 5.10 Å². The van der Waals surface area contributed by atoms with Gasteiger partial charge in [0.25, 0.3) is 0 Å². The molecule has 0 fully saturated rings. The summed E-state index contributed by atoms with van der Waals surface area (Å²) in [6.45, 7) is 6.24. The van der Waals surface area contributed by atoms with Crippen LogP contribution in [0, 0.1) is 3.70 Å². The Hall–Kier alpha value is -1.42. The molecule has 0 aliphatic rings. The number of rotatable bonds is 3. The van der Waals surface area contributed by atoms with Crippen LogP contribution in [-0.2, 0) is 14.9 Å². The molecular formula is C17H18BrIN2O4. The highest BCUT2D eigenvalue weighted by Gasteiger charge is 2.30. The molecule has 8 heteroatoms. The van der Waals surface area contributed by atoms with E-state index in [1.807, 2.05) is 40.8 Å². The number of aromatic nitrogens is 2. The molecule has 0 atom stereocenters. The standard InChI is InChI=1S/C17H18BrIN2O4/c1-17(2,3)10-8-9(18)6-7-11(10)21-14(19)12(15(22)24-4)13(20-21)16(23)25-5/h6-8H,1-5H3. The molecule has 0 saturated heterocycles. The lowest BCUT2D eigenvalue weighted by molar-refractivity contribution is 0.0551. The summed E-state index contributed by atoms with van der Waals surface area (Å²) in [6, 6.07) is 5.78. The van der Waals surface area contributed by atoms with E-state index in [0.717, 1.165) is 15.7 Å². The first-order chi connectivity index (χ1) is 11.6. The zero-order valence-corrected chi connectivity index (χ0v) is 18.3. The van der Waals surface area contributed by atoms with Gasteiger partial charge < -0.3 is 9.47 Å². The van der Waals surface area contributed by atoms with Gasteiger partial charge >= 0.3 is 11.9 Å². The molecule has 0 bridgehead atoms. The average molecular weight is 521 g/mol. The Balaban J connectivity index is 2.80. The fourth-order valence-corrected chi connectivity index (χ4v) is 3.58. The Morgan fingerprint density at radius 2 is 1.76 bits per heavy atom. The van der Waals surface area contributed by atoms with Gasteiger partial charge in [-0.25, -0.2) is 14.3 Å². The molecule has 0 N–H and O–H groups in total. The highest BCUT2D eigenvalue weighted by molar-refractivity contribution is 14.1. The van der Waals surface area contributed by atoms with Crippen LogP contribution < -0.4 is 0 Å². The van der Waals surface area contributed by atoms with Gasteiger partial charge in [0.15, 0.2) is 5.69 Å². The maximum Gasteiger partial charge on any atom is 0.359 e. The van der Waals surface area contributed by atoms with Crippen LogP contribution in [0.1, 0.15) is 47.2 Å². The molecule has 0 spiro atoms. The number of ether oxygens (including phenoxy) is 2. The van der Waals surface area contributed by atoms with Crippen molar-refractivity contribution in [1.29, 1.82) is 0 Å². The summed E-state index contributed by atoms with van der Waals surface area (Å²) in [4.78, 5) is 24.2. The number of hydrogen-bond acceptors (Lipinski definition) is 5. The van der Waals surface area contributed by atoms with Crippen LogP contribution in [0.5, 0.6) is 0 Å². The van der Waals surface area contributed by atoms with Gasteiger partial charge in [-0.05, 0) is 51.8 Å². The van der Waals surface area contributed by atoms with E-state index in [0.29, 0.717) is 3.70 Å². The monoisotopic (exact) mass is 520 g/mol. The summed E-state index contributed by atoms with van der Waals surface area (Å²) in [5.74, 6) is -1.32. The lowest BCUT2D eigenvalue weighted by atomic mass is 9.86. The predicted octanol–water partition coefficient (Wildman–Crippen LogP) is 4.11. The van der Waals surface area contributed by atoms with E-state index in [1.54, 1.807) is 4.68 Å². The molecule has 25 heavy (non-hydrogen) atoms. The Bertz CT molecular complexity index is 840. The summed E-state index contributed by atoms with van der Waals surface area (Å²) < 4.78 is 12.6. The summed E-state index contributed by atoms with van der Waals surface area (Å²) in [7, 11) is 2.51. The van der Waals surface area contributed by atoms with Gasteiger partial charge in [-0.1, -0.05) is 36.7 Å². The van der Waals surface area contributed by atoms with Crippen molar-refractivity contribution in [3.63, 3.8) is 0 Å². The van der Waals surface area contributed by atoms with E-state index in [1.165, 1.54) is 14.2 Å². The zero-order valence-electron chi connectivity index (χ0n) is 14.5. The second-order valence-electron chi connectivity index (χ2n) is 6.32. The topological polar surface area (TPSA) is 70.4 Å². The number of halogens is 2. The lowest BCUT2D eigenvalue weighted by Crippen LogP contribution is -2.16. The maximum atomic E-state index is 12.2. The molecule has 1 heterocycles. The van der Waals surface area contributed by atoms with Crippen molar-refractivity contribution < 1.29 is 19.1 Å². The van der Waals surface area contributed by atoms with E-state index < -0.39 is 11.9 Å². The minimum atomic E-state index is -0.688. The van der Waals surface area contributed by atoms with Gasteiger partial charge in [0.2, 0.25) is 0 Å². The van der Waals surface area contributed by atoms with E-state index >= 15 is 0 Å². The van der Waals surface area contributed by atoms with Gasteiger partial charge in [0, 0.05) is 4.47 Å². The van der Waals surface area contributed by atoms with Crippen molar-refractivity contribution in [1.82, 2.24) is 9.78 Å². The predicted molar refractivity (Wildman–Crippen MR) is 105 cm³/mol. The largest absolute Gasteiger partial charge is 0.465 e. The van der Waals surface area contributed by atoms with Gasteiger partial charge in [-0.15, -0.1) is 0 Å². The summed E-state index contributed by atoms with van der Waals surface area (Å²) in [5.41, 5.74) is 1.64. The van der Waals surface area contributed by atoms with Crippen molar-refractivity contribution in [2.75, 3.05) is 14.2 Å². The van der Waals surface area contributed by atoms with E-state index in [9.17, 15) is 9.59 Å². The molecule has 6 nitrogen and oxygen atoms in total. The van der Waals surface area contributed by atoms with E-state index in [-0.39, 0.29) is 16.7 Å². The molecule has 2 aromatic rings. The number of hydrogen-bond donors (Lipinski definition) is 0.